The zero-order valence-electron chi connectivity index (χ0n) is 14.8. The number of benzene rings is 2. The van der Waals surface area contributed by atoms with Crippen LogP contribution in [0.2, 0.25) is 0 Å². The number of amides is 1. The van der Waals surface area contributed by atoms with Gasteiger partial charge in [-0.2, -0.15) is 5.26 Å². The van der Waals surface area contributed by atoms with Crippen LogP contribution in [0.4, 0.5) is 16.5 Å². The highest BCUT2D eigenvalue weighted by molar-refractivity contribution is 8.02. The number of hydrogen-bond donors (Lipinski definition) is 2. The van der Waals surface area contributed by atoms with Crippen molar-refractivity contribution in [2.75, 3.05) is 10.6 Å². The molecule has 1 atom stereocenters. The highest BCUT2D eigenvalue weighted by Crippen LogP contribution is 2.31. The van der Waals surface area contributed by atoms with Crippen molar-refractivity contribution in [1.82, 2.24) is 10.2 Å². The van der Waals surface area contributed by atoms with Gasteiger partial charge in [-0.25, -0.2) is 0 Å². The first kappa shape index (κ1) is 18.9. The summed E-state index contributed by atoms with van der Waals surface area (Å²) in [6.07, 6.45) is 0. The lowest BCUT2D eigenvalue weighted by molar-refractivity contribution is -0.115. The Balaban J connectivity index is 1.62. The molecule has 0 unspecified atom stereocenters. The minimum atomic E-state index is -0.379. The Morgan fingerprint density at radius 3 is 2.59 bits per heavy atom. The molecule has 8 heteroatoms. The van der Waals surface area contributed by atoms with E-state index >= 15 is 0 Å². The maximum atomic E-state index is 12.4. The average molecular weight is 396 g/mol. The van der Waals surface area contributed by atoms with E-state index in [0.717, 1.165) is 11.3 Å². The Morgan fingerprint density at radius 1 is 1.15 bits per heavy atom. The molecule has 3 rings (SSSR count). The van der Waals surface area contributed by atoms with Crippen molar-refractivity contribution in [2.45, 2.75) is 23.4 Å². The SMILES string of the molecule is Cc1ccccc1Nc1nnc(S[C@@H](C)C(=O)Nc2ccccc2C#N)s1. The van der Waals surface area contributed by atoms with Crippen molar-refractivity contribution in [3.63, 3.8) is 0 Å². The summed E-state index contributed by atoms with van der Waals surface area (Å²) in [6.45, 7) is 3.81. The van der Waals surface area contributed by atoms with Gasteiger partial charge in [0.05, 0.1) is 16.5 Å². The van der Waals surface area contributed by atoms with E-state index in [1.807, 2.05) is 31.2 Å². The number of hydrogen-bond acceptors (Lipinski definition) is 7. The molecule has 2 N–H and O–H groups in total. The molecule has 0 radical (unpaired) electrons. The lowest BCUT2D eigenvalue weighted by atomic mass is 10.2. The fourth-order valence-corrected chi connectivity index (χ4v) is 4.17. The Labute approximate surface area is 165 Å². The first-order valence-electron chi connectivity index (χ1n) is 8.19. The van der Waals surface area contributed by atoms with Crippen LogP contribution in [0.5, 0.6) is 0 Å². The summed E-state index contributed by atoms with van der Waals surface area (Å²) < 4.78 is 0.697. The van der Waals surface area contributed by atoms with Gasteiger partial charge in [0, 0.05) is 5.69 Å². The molecule has 0 aliphatic carbocycles. The molecule has 0 bridgehead atoms. The van der Waals surface area contributed by atoms with E-state index < -0.39 is 0 Å². The van der Waals surface area contributed by atoms with E-state index in [0.29, 0.717) is 20.7 Å². The fraction of sp³-hybridized carbons (Fsp3) is 0.158. The van der Waals surface area contributed by atoms with Crippen molar-refractivity contribution >= 4 is 45.5 Å². The summed E-state index contributed by atoms with van der Waals surface area (Å²) in [5.74, 6) is -0.189. The van der Waals surface area contributed by atoms with Gasteiger partial charge in [-0.1, -0.05) is 53.4 Å². The lowest BCUT2D eigenvalue weighted by Gasteiger charge is -2.11. The van der Waals surface area contributed by atoms with E-state index in [9.17, 15) is 4.79 Å². The van der Waals surface area contributed by atoms with Gasteiger partial charge >= 0.3 is 0 Å². The molecule has 0 spiro atoms. The summed E-state index contributed by atoms with van der Waals surface area (Å²) in [5, 5.41) is 23.7. The van der Waals surface area contributed by atoms with Crippen LogP contribution in [0.1, 0.15) is 18.1 Å². The van der Waals surface area contributed by atoms with Gasteiger partial charge in [0.25, 0.3) is 0 Å². The Kier molecular flexibility index (Phi) is 6.06. The molecule has 1 amide bonds. The molecule has 6 nitrogen and oxygen atoms in total. The summed E-state index contributed by atoms with van der Waals surface area (Å²) in [4.78, 5) is 12.4. The summed E-state index contributed by atoms with van der Waals surface area (Å²) in [6, 6.07) is 16.9. The lowest BCUT2D eigenvalue weighted by Crippen LogP contribution is -2.22. The van der Waals surface area contributed by atoms with Gasteiger partial charge in [0.2, 0.25) is 11.0 Å². The van der Waals surface area contributed by atoms with Gasteiger partial charge in [-0.3, -0.25) is 4.79 Å². The Morgan fingerprint density at radius 2 is 1.85 bits per heavy atom. The number of thioether (sulfide) groups is 1. The predicted molar refractivity (Wildman–Crippen MR) is 109 cm³/mol. The third-order valence-electron chi connectivity index (χ3n) is 3.75. The molecule has 2 aromatic carbocycles. The molecular formula is C19H17N5OS2. The molecule has 0 saturated carbocycles. The predicted octanol–water partition coefficient (Wildman–Crippen LogP) is 4.58. The van der Waals surface area contributed by atoms with Crippen molar-refractivity contribution < 1.29 is 4.79 Å². The number of rotatable bonds is 6. The van der Waals surface area contributed by atoms with Crippen LogP contribution in [0, 0.1) is 18.3 Å². The summed E-state index contributed by atoms with van der Waals surface area (Å²) in [7, 11) is 0. The highest BCUT2D eigenvalue weighted by atomic mass is 32.2. The van der Waals surface area contributed by atoms with Crippen LogP contribution in [0.3, 0.4) is 0 Å². The maximum absolute atomic E-state index is 12.4. The Bertz CT molecular complexity index is 996. The van der Waals surface area contributed by atoms with Gasteiger partial charge < -0.3 is 10.6 Å². The third kappa shape index (κ3) is 4.84. The zero-order valence-corrected chi connectivity index (χ0v) is 16.4. The minimum absolute atomic E-state index is 0.189. The van der Waals surface area contributed by atoms with E-state index in [4.69, 9.17) is 5.26 Å². The smallest absolute Gasteiger partial charge is 0.237 e. The molecule has 1 aromatic heterocycles. The number of carbonyl (C=O) groups excluding carboxylic acids is 1. The number of aryl methyl sites for hydroxylation is 1. The monoisotopic (exact) mass is 395 g/mol. The van der Waals surface area contributed by atoms with E-state index in [2.05, 4.69) is 26.9 Å². The van der Waals surface area contributed by atoms with Crippen LogP contribution in [0.15, 0.2) is 52.9 Å². The topological polar surface area (TPSA) is 90.7 Å². The van der Waals surface area contributed by atoms with Gasteiger partial charge in [-0.15, -0.1) is 10.2 Å². The van der Waals surface area contributed by atoms with Crippen molar-refractivity contribution in [2.24, 2.45) is 0 Å². The summed E-state index contributed by atoms with van der Waals surface area (Å²) >= 11 is 2.72. The molecular weight excluding hydrogens is 378 g/mol. The van der Waals surface area contributed by atoms with Crippen LogP contribution in [0.25, 0.3) is 0 Å². The van der Waals surface area contributed by atoms with Crippen LogP contribution in [-0.4, -0.2) is 21.4 Å². The third-order valence-corrected chi connectivity index (χ3v) is 5.77. The van der Waals surface area contributed by atoms with Crippen molar-refractivity contribution in [3.8, 4) is 6.07 Å². The first-order valence-corrected chi connectivity index (χ1v) is 9.89. The maximum Gasteiger partial charge on any atom is 0.237 e. The standard InChI is InChI=1S/C19H17N5OS2/c1-12-7-3-5-9-15(12)22-18-23-24-19(27-18)26-13(2)17(25)21-16-10-6-4-8-14(16)11-20/h3-10,13H,1-2H3,(H,21,25)(H,22,23)/t13-/m0/s1. The molecule has 1 heterocycles. The van der Waals surface area contributed by atoms with Crippen molar-refractivity contribution in [3.05, 3.63) is 59.7 Å². The average Bonchev–Trinajstić information content (AvgIpc) is 3.11. The van der Waals surface area contributed by atoms with Crippen LogP contribution < -0.4 is 10.6 Å². The second kappa shape index (κ2) is 8.66. The fourth-order valence-electron chi connectivity index (χ4n) is 2.26. The molecule has 0 aliphatic heterocycles. The summed E-state index contributed by atoms with van der Waals surface area (Å²) in [5.41, 5.74) is 3.04. The molecule has 0 saturated heterocycles. The minimum Gasteiger partial charge on any atom is -0.330 e. The number of nitrogens with one attached hydrogen (secondary N) is 2. The normalized spacial score (nSPS) is 11.4. The molecule has 136 valence electrons. The Hall–Kier alpha value is -2.89. The van der Waals surface area contributed by atoms with Gasteiger partial charge in [0.1, 0.15) is 6.07 Å². The molecule has 0 aliphatic rings. The molecule has 0 fully saturated rings. The van der Waals surface area contributed by atoms with E-state index in [1.54, 1.807) is 31.2 Å². The number of para-hydroxylation sites is 2. The second-order valence-electron chi connectivity index (χ2n) is 5.72. The van der Waals surface area contributed by atoms with Crippen LogP contribution >= 0.6 is 23.1 Å². The zero-order chi connectivity index (χ0) is 19.2. The second-order valence-corrected chi connectivity index (χ2v) is 8.29. The number of aromatic nitrogens is 2. The molecule has 3 aromatic rings. The molecule has 27 heavy (non-hydrogen) atoms. The van der Waals surface area contributed by atoms with E-state index in [1.165, 1.54) is 23.1 Å². The van der Waals surface area contributed by atoms with Crippen molar-refractivity contribution in [1.29, 1.82) is 5.26 Å². The highest BCUT2D eigenvalue weighted by Gasteiger charge is 2.18. The largest absolute Gasteiger partial charge is 0.330 e. The van der Waals surface area contributed by atoms with Gasteiger partial charge in [-0.05, 0) is 37.6 Å². The number of carbonyl (C=O) groups is 1. The number of nitrogens with zero attached hydrogens (tertiary/aromatic N) is 3. The van der Waals surface area contributed by atoms with Crippen LogP contribution in [-0.2, 0) is 4.79 Å². The quantitative estimate of drug-likeness (QED) is 0.594. The van der Waals surface area contributed by atoms with Gasteiger partial charge in [0.15, 0.2) is 4.34 Å². The number of anilines is 3. The number of nitriles is 1. The van der Waals surface area contributed by atoms with E-state index in [-0.39, 0.29) is 11.2 Å². The first-order chi connectivity index (χ1) is 13.1.